The molecule has 0 atom stereocenters. The molecule has 0 spiro atoms. The summed E-state index contributed by atoms with van der Waals surface area (Å²) in [5.41, 5.74) is 3.03. The van der Waals surface area contributed by atoms with Gasteiger partial charge in [-0.15, -0.1) is 0 Å². The molecular weight excluding hydrogens is 462 g/mol. The summed E-state index contributed by atoms with van der Waals surface area (Å²) in [4.78, 5) is 29.2. The molecule has 1 fully saturated rings. The third kappa shape index (κ3) is 5.23. The van der Waals surface area contributed by atoms with E-state index in [0.717, 1.165) is 40.6 Å². The predicted molar refractivity (Wildman–Crippen MR) is 127 cm³/mol. The number of aryl methyl sites for hydroxylation is 2. The van der Waals surface area contributed by atoms with Crippen LogP contribution in [0.5, 0.6) is 0 Å². The SMILES string of the molecule is Cc1cc(C)c2nc(NC(=O)COC(=O)c3cccc(S(=O)(=O)N4CCCCC4)c3)sc2c1. The number of thiazole rings is 1. The maximum Gasteiger partial charge on any atom is 0.338 e. The second-order valence-corrected chi connectivity index (χ2v) is 11.0. The van der Waals surface area contributed by atoms with E-state index in [4.69, 9.17) is 4.74 Å². The Kier molecular flexibility index (Phi) is 6.78. The number of rotatable bonds is 6. The zero-order valence-electron chi connectivity index (χ0n) is 18.5. The van der Waals surface area contributed by atoms with Crippen molar-refractivity contribution in [3.8, 4) is 0 Å². The monoisotopic (exact) mass is 487 g/mol. The van der Waals surface area contributed by atoms with Crippen LogP contribution in [0.3, 0.4) is 0 Å². The quantitative estimate of drug-likeness (QED) is 0.529. The van der Waals surface area contributed by atoms with Crippen LogP contribution in [-0.4, -0.2) is 49.3 Å². The van der Waals surface area contributed by atoms with E-state index in [-0.39, 0.29) is 10.5 Å². The molecule has 1 aliphatic heterocycles. The van der Waals surface area contributed by atoms with Gasteiger partial charge in [-0.25, -0.2) is 18.2 Å². The standard InChI is InChI=1S/C23H25N3O5S2/c1-15-11-16(2)21-19(12-15)32-23(25-21)24-20(27)14-31-22(28)17-7-6-8-18(13-17)33(29,30)26-9-4-3-5-10-26/h6-8,11-13H,3-5,9-10,14H2,1-2H3,(H,24,25,27). The van der Waals surface area contributed by atoms with E-state index in [9.17, 15) is 18.0 Å². The summed E-state index contributed by atoms with van der Waals surface area (Å²) >= 11 is 1.35. The number of piperidine rings is 1. The van der Waals surface area contributed by atoms with Crippen LogP contribution in [-0.2, 0) is 19.6 Å². The van der Waals surface area contributed by atoms with Crippen LogP contribution in [0.15, 0.2) is 41.3 Å². The van der Waals surface area contributed by atoms with Crippen LogP contribution >= 0.6 is 11.3 Å². The Morgan fingerprint density at radius 2 is 1.88 bits per heavy atom. The van der Waals surface area contributed by atoms with E-state index in [1.807, 2.05) is 26.0 Å². The van der Waals surface area contributed by atoms with E-state index >= 15 is 0 Å². The minimum absolute atomic E-state index is 0.0449. The van der Waals surface area contributed by atoms with Gasteiger partial charge < -0.3 is 4.74 Å². The van der Waals surface area contributed by atoms with Crippen LogP contribution < -0.4 is 5.32 Å². The highest BCUT2D eigenvalue weighted by atomic mass is 32.2. The first-order valence-corrected chi connectivity index (χ1v) is 12.9. The first-order valence-electron chi connectivity index (χ1n) is 10.7. The van der Waals surface area contributed by atoms with Gasteiger partial charge in [0.15, 0.2) is 11.7 Å². The molecule has 1 aromatic heterocycles. The number of nitrogens with zero attached hydrogens (tertiary/aromatic N) is 2. The van der Waals surface area contributed by atoms with Crippen molar-refractivity contribution in [3.05, 3.63) is 53.1 Å². The molecule has 1 amide bonds. The Hall–Kier alpha value is -2.82. The number of hydrogen-bond donors (Lipinski definition) is 1. The highest BCUT2D eigenvalue weighted by Crippen LogP contribution is 2.29. The molecule has 33 heavy (non-hydrogen) atoms. The number of aromatic nitrogens is 1. The molecule has 2 heterocycles. The first-order chi connectivity index (χ1) is 15.7. The zero-order valence-corrected chi connectivity index (χ0v) is 20.1. The van der Waals surface area contributed by atoms with E-state index in [1.54, 1.807) is 0 Å². The predicted octanol–water partition coefficient (Wildman–Crippen LogP) is 3.88. The van der Waals surface area contributed by atoms with Gasteiger partial charge >= 0.3 is 5.97 Å². The second-order valence-electron chi connectivity index (χ2n) is 8.06. The van der Waals surface area contributed by atoms with E-state index in [0.29, 0.717) is 18.2 Å². The Bertz CT molecular complexity index is 1310. The molecule has 0 aliphatic carbocycles. The van der Waals surface area contributed by atoms with Crippen molar-refractivity contribution in [3.63, 3.8) is 0 Å². The average molecular weight is 488 g/mol. The molecule has 0 radical (unpaired) electrons. The van der Waals surface area contributed by atoms with Gasteiger partial charge in [-0.1, -0.05) is 29.9 Å². The number of ether oxygens (including phenoxy) is 1. The fourth-order valence-electron chi connectivity index (χ4n) is 3.83. The molecule has 1 aliphatic rings. The molecule has 10 heteroatoms. The number of carbonyl (C=O) groups excluding carboxylic acids is 2. The zero-order chi connectivity index (χ0) is 23.6. The summed E-state index contributed by atoms with van der Waals surface area (Å²) in [7, 11) is -3.67. The van der Waals surface area contributed by atoms with E-state index < -0.39 is 28.5 Å². The summed E-state index contributed by atoms with van der Waals surface area (Å²) in [5.74, 6) is -1.29. The number of hydrogen-bond acceptors (Lipinski definition) is 7. The average Bonchev–Trinajstić information content (AvgIpc) is 3.20. The van der Waals surface area contributed by atoms with Crippen LogP contribution in [0, 0.1) is 13.8 Å². The Labute approximate surface area is 196 Å². The first kappa shape index (κ1) is 23.3. The smallest absolute Gasteiger partial charge is 0.338 e. The number of carbonyl (C=O) groups is 2. The third-order valence-corrected chi connectivity index (χ3v) is 8.25. The van der Waals surface area contributed by atoms with Gasteiger partial charge in [0, 0.05) is 13.1 Å². The topological polar surface area (TPSA) is 106 Å². The normalized spacial score (nSPS) is 14.8. The van der Waals surface area contributed by atoms with Crippen molar-refractivity contribution in [1.82, 2.24) is 9.29 Å². The minimum Gasteiger partial charge on any atom is -0.452 e. The number of nitrogens with one attached hydrogen (secondary N) is 1. The summed E-state index contributed by atoms with van der Waals surface area (Å²) in [5, 5.41) is 3.08. The van der Waals surface area contributed by atoms with Gasteiger partial charge in [0.05, 0.1) is 20.7 Å². The molecule has 0 bridgehead atoms. The molecule has 1 N–H and O–H groups in total. The molecule has 174 valence electrons. The van der Waals surface area contributed by atoms with Crippen LogP contribution in [0.4, 0.5) is 5.13 Å². The van der Waals surface area contributed by atoms with Crippen LogP contribution in [0.25, 0.3) is 10.2 Å². The molecule has 4 rings (SSSR count). The number of benzene rings is 2. The summed E-state index contributed by atoms with van der Waals surface area (Å²) in [6.07, 6.45) is 2.66. The van der Waals surface area contributed by atoms with E-state index in [2.05, 4.69) is 10.3 Å². The molecular formula is C23H25N3O5S2. The molecule has 2 aromatic carbocycles. The van der Waals surface area contributed by atoms with Crippen molar-refractivity contribution >= 4 is 48.6 Å². The van der Waals surface area contributed by atoms with Crippen molar-refractivity contribution in [2.45, 2.75) is 38.0 Å². The molecule has 8 nitrogen and oxygen atoms in total. The maximum absolute atomic E-state index is 12.9. The molecule has 0 saturated carbocycles. The second kappa shape index (κ2) is 9.58. The Balaban J connectivity index is 1.39. The highest BCUT2D eigenvalue weighted by molar-refractivity contribution is 7.89. The van der Waals surface area contributed by atoms with Gasteiger partial charge in [-0.3, -0.25) is 10.1 Å². The summed E-state index contributed by atoms with van der Waals surface area (Å²) in [6, 6.07) is 9.75. The lowest BCUT2D eigenvalue weighted by Crippen LogP contribution is -2.35. The number of sulfonamides is 1. The van der Waals surface area contributed by atoms with Crippen molar-refractivity contribution in [1.29, 1.82) is 0 Å². The lowest BCUT2D eigenvalue weighted by molar-refractivity contribution is -0.119. The van der Waals surface area contributed by atoms with Gasteiger partial charge in [0.25, 0.3) is 5.91 Å². The molecule has 3 aromatic rings. The third-order valence-electron chi connectivity index (χ3n) is 5.43. The largest absolute Gasteiger partial charge is 0.452 e. The van der Waals surface area contributed by atoms with Gasteiger partial charge in [0.2, 0.25) is 10.0 Å². The fourth-order valence-corrected chi connectivity index (χ4v) is 6.45. The van der Waals surface area contributed by atoms with Gasteiger partial charge in [0.1, 0.15) is 0 Å². The summed E-state index contributed by atoms with van der Waals surface area (Å²) < 4.78 is 33.2. The van der Waals surface area contributed by atoms with Gasteiger partial charge in [-0.2, -0.15) is 4.31 Å². The number of esters is 1. The number of amides is 1. The Morgan fingerprint density at radius 1 is 1.12 bits per heavy atom. The van der Waals surface area contributed by atoms with Crippen molar-refractivity contribution in [2.24, 2.45) is 0 Å². The van der Waals surface area contributed by atoms with E-state index in [1.165, 1.54) is 39.9 Å². The van der Waals surface area contributed by atoms with Crippen molar-refractivity contribution in [2.75, 3.05) is 25.0 Å². The maximum atomic E-state index is 12.9. The number of fused-ring (bicyclic) bond motifs is 1. The van der Waals surface area contributed by atoms with Crippen LogP contribution in [0.2, 0.25) is 0 Å². The molecule has 0 unspecified atom stereocenters. The lowest BCUT2D eigenvalue weighted by atomic mass is 10.1. The van der Waals surface area contributed by atoms with Crippen molar-refractivity contribution < 1.29 is 22.7 Å². The van der Waals surface area contributed by atoms with Crippen LogP contribution in [0.1, 0.15) is 40.7 Å². The van der Waals surface area contributed by atoms with Gasteiger partial charge in [-0.05, 0) is 62.1 Å². The number of anilines is 1. The fraction of sp³-hybridized carbons (Fsp3) is 0.348. The Morgan fingerprint density at radius 3 is 2.64 bits per heavy atom. The highest BCUT2D eigenvalue weighted by Gasteiger charge is 2.26. The summed E-state index contributed by atoms with van der Waals surface area (Å²) in [6.45, 7) is 4.40. The molecule has 1 saturated heterocycles. The minimum atomic E-state index is -3.67. The lowest BCUT2D eigenvalue weighted by Gasteiger charge is -2.25.